The lowest BCUT2D eigenvalue weighted by molar-refractivity contribution is 0.232. The molecule has 0 amide bonds. The number of hydrogen-bond donors (Lipinski definition) is 1. The summed E-state index contributed by atoms with van der Waals surface area (Å²) in [5.74, 6) is 1.31. The average molecular weight is 298 g/mol. The van der Waals surface area contributed by atoms with Crippen LogP contribution in [0.5, 0.6) is 5.88 Å². The fourth-order valence-electron chi connectivity index (χ4n) is 1.58. The maximum absolute atomic E-state index is 5.94. The van der Waals surface area contributed by atoms with Gasteiger partial charge in [0.1, 0.15) is 12.1 Å². The summed E-state index contributed by atoms with van der Waals surface area (Å²) in [6.07, 6.45) is 1.59. The fourth-order valence-corrected chi connectivity index (χ4v) is 2.64. The van der Waals surface area contributed by atoms with Crippen molar-refractivity contribution in [2.75, 3.05) is 5.32 Å². The summed E-state index contributed by atoms with van der Waals surface area (Å²) in [5, 5.41) is 3.31. The molecular weight excluding hydrogens is 282 g/mol. The molecule has 2 aromatic heterocycles. The van der Waals surface area contributed by atoms with Gasteiger partial charge in [0.05, 0.1) is 16.5 Å². The van der Waals surface area contributed by atoms with Gasteiger partial charge in [0.2, 0.25) is 5.88 Å². The van der Waals surface area contributed by atoms with E-state index >= 15 is 0 Å². The standard InChI is InChI=1S/C13H16ClN3OS/c1-8(2)18-13-6-12(15-7-16-13)17-9(3)10-4-5-11(14)19-10/h4-9H,1-3H3,(H,15,16,17). The minimum atomic E-state index is 0.0938. The van der Waals surface area contributed by atoms with E-state index in [1.165, 1.54) is 6.33 Å². The van der Waals surface area contributed by atoms with Crippen molar-refractivity contribution in [1.82, 2.24) is 9.97 Å². The molecule has 1 N–H and O–H groups in total. The van der Waals surface area contributed by atoms with Crippen molar-refractivity contribution < 1.29 is 4.74 Å². The molecule has 2 rings (SSSR count). The molecule has 0 aliphatic heterocycles. The van der Waals surface area contributed by atoms with Gasteiger partial charge in [-0.1, -0.05) is 11.6 Å². The highest BCUT2D eigenvalue weighted by Crippen LogP contribution is 2.28. The van der Waals surface area contributed by atoms with Crippen molar-refractivity contribution in [3.63, 3.8) is 0 Å². The summed E-state index contributed by atoms with van der Waals surface area (Å²) >= 11 is 7.49. The molecule has 1 unspecified atom stereocenters. The molecule has 4 nitrogen and oxygen atoms in total. The van der Waals surface area contributed by atoms with Crippen LogP contribution in [0.4, 0.5) is 5.82 Å². The van der Waals surface area contributed by atoms with Crippen LogP contribution in [0.2, 0.25) is 4.34 Å². The van der Waals surface area contributed by atoms with E-state index in [4.69, 9.17) is 16.3 Å². The van der Waals surface area contributed by atoms with Gasteiger partial charge in [-0.15, -0.1) is 11.3 Å². The lowest BCUT2D eigenvalue weighted by Crippen LogP contribution is -2.09. The Kier molecular flexibility index (Phi) is 4.61. The zero-order valence-corrected chi connectivity index (χ0v) is 12.6. The third-order valence-electron chi connectivity index (χ3n) is 2.38. The van der Waals surface area contributed by atoms with E-state index in [0.717, 1.165) is 15.0 Å². The minimum Gasteiger partial charge on any atom is -0.475 e. The number of thiophene rings is 1. The number of anilines is 1. The number of nitrogens with one attached hydrogen (secondary N) is 1. The van der Waals surface area contributed by atoms with Gasteiger partial charge in [0.25, 0.3) is 0 Å². The van der Waals surface area contributed by atoms with E-state index < -0.39 is 0 Å². The van der Waals surface area contributed by atoms with E-state index in [0.29, 0.717) is 5.88 Å². The van der Waals surface area contributed by atoms with E-state index in [1.807, 2.05) is 26.0 Å². The van der Waals surface area contributed by atoms with Crippen LogP contribution in [0, 0.1) is 0 Å². The van der Waals surface area contributed by atoms with Crippen molar-refractivity contribution in [2.24, 2.45) is 0 Å². The Morgan fingerprint density at radius 1 is 1.26 bits per heavy atom. The number of rotatable bonds is 5. The highest BCUT2D eigenvalue weighted by molar-refractivity contribution is 7.16. The van der Waals surface area contributed by atoms with E-state index in [-0.39, 0.29) is 12.1 Å². The first-order chi connectivity index (χ1) is 9.04. The molecule has 0 saturated carbocycles. The smallest absolute Gasteiger partial charge is 0.218 e. The Morgan fingerprint density at radius 3 is 2.68 bits per heavy atom. The van der Waals surface area contributed by atoms with Crippen LogP contribution < -0.4 is 10.1 Å². The lowest BCUT2D eigenvalue weighted by atomic mass is 10.3. The molecule has 0 aliphatic rings. The first kappa shape index (κ1) is 14.1. The van der Waals surface area contributed by atoms with Crippen LogP contribution in [-0.2, 0) is 0 Å². The molecule has 0 aliphatic carbocycles. The quantitative estimate of drug-likeness (QED) is 0.900. The zero-order valence-electron chi connectivity index (χ0n) is 11.1. The molecule has 0 fully saturated rings. The van der Waals surface area contributed by atoms with Crippen LogP contribution >= 0.6 is 22.9 Å². The summed E-state index contributed by atoms with van der Waals surface area (Å²) in [5.41, 5.74) is 0. The first-order valence-electron chi connectivity index (χ1n) is 6.05. The normalized spacial score (nSPS) is 12.5. The molecule has 6 heteroatoms. The lowest BCUT2D eigenvalue weighted by Gasteiger charge is -2.14. The summed E-state index contributed by atoms with van der Waals surface area (Å²) in [4.78, 5) is 9.42. The van der Waals surface area contributed by atoms with Gasteiger partial charge in [-0.25, -0.2) is 9.97 Å². The van der Waals surface area contributed by atoms with Gasteiger partial charge < -0.3 is 10.1 Å². The van der Waals surface area contributed by atoms with Gasteiger partial charge in [-0.2, -0.15) is 0 Å². The Balaban J connectivity index is 2.06. The molecule has 102 valence electrons. The topological polar surface area (TPSA) is 47.0 Å². The van der Waals surface area contributed by atoms with E-state index in [9.17, 15) is 0 Å². The number of ether oxygens (including phenoxy) is 1. The second-order valence-corrected chi connectivity index (χ2v) is 6.16. The van der Waals surface area contributed by atoms with Gasteiger partial charge in [0, 0.05) is 10.9 Å². The number of hydrogen-bond acceptors (Lipinski definition) is 5. The average Bonchev–Trinajstić information content (AvgIpc) is 2.75. The highest BCUT2D eigenvalue weighted by Gasteiger charge is 2.10. The molecule has 19 heavy (non-hydrogen) atoms. The maximum Gasteiger partial charge on any atom is 0.218 e. The molecule has 0 spiro atoms. The molecule has 2 heterocycles. The third-order valence-corrected chi connectivity index (χ3v) is 3.80. The van der Waals surface area contributed by atoms with Crippen LogP contribution in [0.1, 0.15) is 31.7 Å². The molecule has 0 bridgehead atoms. The van der Waals surface area contributed by atoms with Gasteiger partial charge in [-0.05, 0) is 32.9 Å². The van der Waals surface area contributed by atoms with Crippen LogP contribution in [-0.4, -0.2) is 16.1 Å². The van der Waals surface area contributed by atoms with Crippen molar-refractivity contribution in [3.8, 4) is 5.88 Å². The van der Waals surface area contributed by atoms with Crippen molar-refractivity contribution in [2.45, 2.75) is 32.9 Å². The van der Waals surface area contributed by atoms with Gasteiger partial charge in [0.15, 0.2) is 0 Å². The van der Waals surface area contributed by atoms with Crippen molar-refractivity contribution >= 4 is 28.8 Å². The SMILES string of the molecule is CC(C)Oc1cc(NC(C)c2ccc(Cl)s2)ncn1. The van der Waals surface area contributed by atoms with Crippen molar-refractivity contribution in [1.29, 1.82) is 0 Å². The summed E-state index contributed by atoms with van der Waals surface area (Å²) in [6, 6.07) is 5.84. The number of halogens is 1. The van der Waals surface area contributed by atoms with Crippen LogP contribution in [0.3, 0.4) is 0 Å². The molecule has 0 radical (unpaired) electrons. The van der Waals surface area contributed by atoms with Crippen LogP contribution in [0.25, 0.3) is 0 Å². The molecule has 2 aromatic rings. The zero-order chi connectivity index (χ0) is 13.8. The third kappa shape index (κ3) is 4.08. The summed E-state index contributed by atoms with van der Waals surface area (Å²) in [6.45, 7) is 5.99. The highest BCUT2D eigenvalue weighted by atomic mass is 35.5. The molecule has 0 saturated heterocycles. The monoisotopic (exact) mass is 297 g/mol. The minimum absolute atomic E-state index is 0.0938. The molecular formula is C13H16ClN3OS. The Morgan fingerprint density at radius 2 is 2.05 bits per heavy atom. The van der Waals surface area contributed by atoms with Gasteiger partial charge >= 0.3 is 0 Å². The van der Waals surface area contributed by atoms with Crippen LogP contribution in [0.15, 0.2) is 24.5 Å². The number of nitrogens with zero attached hydrogens (tertiary/aromatic N) is 2. The second kappa shape index (κ2) is 6.21. The second-order valence-electron chi connectivity index (χ2n) is 4.42. The first-order valence-corrected chi connectivity index (χ1v) is 7.24. The Labute approximate surface area is 121 Å². The van der Waals surface area contributed by atoms with E-state index in [2.05, 4.69) is 22.2 Å². The largest absolute Gasteiger partial charge is 0.475 e. The molecule has 1 atom stereocenters. The Bertz CT molecular complexity index is 544. The molecule has 0 aromatic carbocycles. The predicted molar refractivity (Wildman–Crippen MR) is 79.2 cm³/mol. The summed E-state index contributed by atoms with van der Waals surface area (Å²) < 4.78 is 6.32. The van der Waals surface area contributed by atoms with E-state index in [1.54, 1.807) is 17.4 Å². The Hall–Kier alpha value is -1.33. The summed E-state index contributed by atoms with van der Waals surface area (Å²) in [7, 11) is 0. The van der Waals surface area contributed by atoms with Crippen molar-refractivity contribution in [3.05, 3.63) is 33.7 Å². The maximum atomic E-state index is 5.94. The van der Waals surface area contributed by atoms with Gasteiger partial charge in [-0.3, -0.25) is 0 Å². The fraction of sp³-hybridized carbons (Fsp3) is 0.385. The predicted octanol–water partition coefficient (Wildman–Crippen LogP) is 4.15. The number of aromatic nitrogens is 2.